The molecular weight excluding hydrogens is 260 g/mol. The number of hydrogen-bond donors (Lipinski definition) is 1. The molecule has 4 heteroatoms. The lowest BCUT2D eigenvalue weighted by molar-refractivity contribution is 0.249. The van der Waals surface area contributed by atoms with Gasteiger partial charge in [0.1, 0.15) is 0 Å². The molecule has 1 aliphatic heterocycles. The van der Waals surface area contributed by atoms with Crippen LogP contribution in [-0.4, -0.2) is 49.7 Å². The van der Waals surface area contributed by atoms with Crippen LogP contribution in [0.3, 0.4) is 0 Å². The van der Waals surface area contributed by atoms with Gasteiger partial charge in [0, 0.05) is 25.2 Å². The lowest BCUT2D eigenvalue weighted by atomic mass is 10.0. The molecule has 1 saturated heterocycles. The van der Waals surface area contributed by atoms with Crippen molar-refractivity contribution in [2.24, 2.45) is 0 Å². The van der Waals surface area contributed by atoms with E-state index < -0.39 is 0 Å². The van der Waals surface area contributed by atoms with Gasteiger partial charge in [-0.3, -0.25) is 4.98 Å². The highest BCUT2D eigenvalue weighted by atomic mass is 15.2. The number of anilines is 1. The summed E-state index contributed by atoms with van der Waals surface area (Å²) in [6.45, 7) is 7.60. The summed E-state index contributed by atoms with van der Waals surface area (Å²) in [5.41, 5.74) is 2.42. The highest BCUT2D eigenvalue weighted by Crippen LogP contribution is 2.23. The minimum absolute atomic E-state index is 0.378. The van der Waals surface area contributed by atoms with Crippen LogP contribution in [0, 0.1) is 0 Å². The first-order valence-electron chi connectivity index (χ1n) is 8.26. The van der Waals surface area contributed by atoms with Gasteiger partial charge in [-0.25, -0.2) is 0 Å². The topological polar surface area (TPSA) is 31.4 Å². The molecule has 1 N–H and O–H groups in total. The van der Waals surface area contributed by atoms with Crippen molar-refractivity contribution in [3.8, 4) is 0 Å². The molecule has 0 spiro atoms. The summed E-state index contributed by atoms with van der Waals surface area (Å²) in [6.07, 6.45) is 5.60. The summed E-state index contributed by atoms with van der Waals surface area (Å²) >= 11 is 0. The van der Waals surface area contributed by atoms with Crippen molar-refractivity contribution in [1.82, 2.24) is 15.2 Å². The molecule has 0 aliphatic carbocycles. The summed E-state index contributed by atoms with van der Waals surface area (Å²) in [5, 5.41) is 3.48. The first-order valence-corrected chi connectivity index (χ1v) is 8.26. The molecule has 21 heavy (non-hydrogen) atoms. The second-order valence-electron chi connectivity index (χ2n) is 6.14. The number of aromatic nitrogens is 1. The van der Waals surface area contributed by atoms with Crippen molar-refractivity contribution in [1.29, 1.82) is 0 Å². The standard InChI is InChI=1S/C17H30N4/c1-5-16(18-6-2)17-8-7-15(13-19-17)21-11-9-14(10-12-21)20(3)4/h7-8,13-14,16,18H,5-6,9-12H2,1-4H3. The minimum atomic E-state index is 0.378. The third-order valence-corrected chi connectivity index (χ3v) is 4.55. The molecular formula is C17H30N4. The summed E-state index contributed by atoms with van der Waals surface area (Å²) < 4.78 is 0. The van der Waals surface area contributed by atoms with Crippen molar-refractivity contribution >= 4 is 5.69 Å². The van der Waals surface area contributed by atoms with Crippen molar-refractivity contribution < 1.29 is 0 Å². The van der Waals surface area contributed by atoms with Crippen molar-refractivity contribution in [2.45, 2.75) is 45.2 Å². The number of nitrogens with zero attached hydrogens (tertiary/aromatic N) is 3. The highest BCUT2D eigenvalue weighted by molar-refractivity contribution is 5.45. The molecule has 2 heterocycles. The van der Waals surface area contributed by atoms with Crippen molar-refractivity contribution in [3.05, 3.63) is 24.0 Å². The Labute approximate surface area is 129 Å². The molecule has 1 unspecified atom stereocenters. The van der Waals surface area contributed by atoms with Gasteiger partial charge in [0.25, 0.3) is 0 Å². The number of rotatable bonds is 6. The fraction of sp³-hybridized carbons (Fsp3) is 0.706. The van der Waals surface area contributed by atoms with Crippen LogP contribution >= 0.6 is 0 Å². The molecule has 118 valence electrons. The van der Waals surface area contributed by atoms with Gasteiger partial charge in [0.2, 0.25) is 0 Å². The molecule has 0 saturated carbocycles. The third-order valence-electron chi connectivity index (χ3n) is 4.55. The molecule has 1 atom stereocenters. The van der Waals surface area contributed by atoms with Gasteiger partial charge < -0.3 is 15.1 Å². The van der Waals surface area contributed by atoms with E-state index in [0.29, 0.717) is 6.04 Å². The molecule has 1 aromatic heterocycles. The zero-order valence-electron chi connectivity index (χ0n) is 14.0. The van der Waals surface area contributed by atoms with Gasteiger partial charge in [0.05, 0.1) is 17.6 Å². The van der Waals surface area contributed by atoms with Crippen LogP contribution in [0.2, 0.25) is 0 Å². The molecule has 2 rings (SSSR count). The molecule has 1 aromatic rings. The van der Waals surface area contributed by atoms with Gasteiger partial charge in [0.15, 0.2) is 0 Å². The van der Waals surface area contributed by atoms with Crippen LogP contribution in [0.1, 0.15) is 44.8 Å². The summed E-state index contributed by atoms with van der Waals surface area (Å²) in [5.74, 6) is 0. The first-order chi connectivity index (χ1) is 10.2. The van der Waals surface area contributed by atoms with Gasteiger partial charge in [-0.1, -0.05) is 13.8 Å². The normalized spacial score (nSPS) is 18.2. The minimum Gasteiger partial charge on any atom is -0.370 e. The number of piperidine rings is 1. The van der Waals surface area contributed by atoms with E-state index in [1.54, 1.807) is 0 Å². The average Bonchev–Trinajstić information content (AvgIpc) is 2.53. The second-order valence-corrected chi connectivity index (χ2v) is 6.14. The molecule has 0 amide bonds. The maximum atomic E-state index is 4.68. The fourth-order valence-electron chi connectivity index (χ4n) is 3.14. The van der Waals surface area contributed by atoms with E-state index in [2.05, 4.69) is 60.2 Å². The summed E-state index contributed by atoms with van der Waals surface area (Å²) in [6, 6.07) is 5.53. The van der Waals surface area contributed by atoms with E-state index in [1.807, 2.05) is 6.20 Å². The maximum absolute atomic E-state index is 4.68. The summed E-state index contributed by atoms with van der Waals surface area (Å²) in [4.78, 5) is 9.49. The van der Waals surface area contributed by atoms with Crippen LogP contribution in [-0.2, 0) is 0 Å². The molecule has 1 fully saturated rings. The third kappa shape index (κ3) is 4.17. The molecule has 0 aromatic carbocycles. The van der Waals surface area contributed by atoms with Crippen LogP contribution < -0.4 is 10.2 Å². The Balaban J connectivity index is 1.96. The Morgan fingerprint density at radius 1 is 1.29 bits per heavy atom. The first kappa shape index (κ1) is 16.2. The van der Waals surface area contributed by atoms with Gasteiger partial charge in [-0.15, -0.1) is 0 Å². The Hall–Kier alpha value is -1.13. The SMILES string of the molecule is CCNC(CC)c1ccc(N2CCC(N(C)C)CC2)cn1. The average molecular weight is 290 g/mol. The molecule has 0 radical (unpaired) electrons. The molecule has 1 aliphatic rings. The van der Waals surface area contributed by atoms with Crippen LogP contribution in [0.15, 0.2) is 18.3 Å². The van der Waals surface area contributed by atoms with Gasteiger partial charge >= 0.3 is 0 Å². The lowest BCUT2D eigenvalue weighted by Gasteiger charge is -2.36. The number of nitrogens with one attached hydrogen (secondary N) is 1. The Morgan fingerprint density at radius 3 is 2.48 bits per heavy atom. The number of hydrogen-bond acceptors (Lipinski definition) is 4. The van der Waals surface area contributed by atoms with Gasteiger partial charge in [-0.2, -0.15) is 0 Å². The fourth-order valence-corrected chi connectivity index (χ4v) is 3.14. The van der Waals surface area contributed by atoms with E-state index >= 15 is 0 Å². The largest absolute Gasteiger partial charge is 0.370 e. The smallest absolute Gasteiger partial charge is 0.0574 e. The van der Waals surface area contributed by atoms with Crippen LogP contribution in [0.25, 0.3) is 0 Å². The summed E-state index contributed by atoms with van der Waals surface area (Å²) in [7, 11) is 4.37. The Morgan fingerprint density at radius 2 is 2.00 bits per heavy atom. The predicted octanol–water partition coefficient (Wildman–Crippen LogP) is 2.67. The Bertz CT molecular complexity index is 407. The monoisotopic (exact) mass is 290 g/mol. The zero-order chi connectivity index (χ0) is 15.2. The predicted molar refractivity (Wildman–Crippen MR) is 89.9 cm³/mol. The van der Waals surface area contributed by atoms with E-state index in [1.165, 1.54) is 18.5 Å². The van der Waals surface area contributed by atoms with E-state index in [9.17, 15) is 0 Å². The van der Waals surface area contributed by atoms with Crippen LogP contribution in [0.5, 0.6) is 0 Å². The van der Waals surface area contributed by atoms with E-state index in [4.69, 9.17) is 0 Å². The van der Waals surface area contributed by atoms with E-state index in [0.717, 1.165) is 37.8 Å². The molecule has 0 bridgehead atoms. The zero-order valence-corrected chi connectivity index (χ0v) is 14.0. The highest BCUT2D eigenvalue weighted by Gasteiger charge is 2.21. The van der Waals surface area contributed by atoms with Crippen LogP contribution in [0.4, 0.5) is 5.69 Å². The Kier molecular flexibility index (Phi) is 6.00. The lowest BCUT2D eigenvalue weighted by Crippen LogP contribution is -2.42. The van der Waals surface area contributed by atoms with Gasteiger partial charge in [-0.05, 0) is 52.0 Å². The maximum Gasteiger partial charge on any atom is 0.0574 e. The number of pyridine rings is 1. The van der Waals surface area contributed by atoms with Crippen molar-refractivity contribution in [3.63, 3.8) is 0 Å². The molecule has 4 nitrogen and oxygen atoms in total. The quantitative estimate of drug-likeness (QED) is 0.873. The van der Waals surface area contributed by atoms with E-state index in [-0.39, 0.29) is 0 Å². The second kappa shape index (κ2) is 7.76. The van der Waals surface area contributed by atoms with Crippen molar-refractivity contribution in [2.75, 3.05) is 38.6 Å².